The number of ether oxygens (including phenoxy) is 2. The Morgan fingerprint density at radius 1 is 1.13 bits per heavy atom. The number of allylic oxidation sites excluding steroid dienone is 2. The van der Waals surface area contributed by atoms with E-state index in [0.29, 0.717) is 23.3 Å². The summed E-state index contributed by atoms with van der Waals surface area (Å²) < 4.78 is 10.8. The molecule has 1 aromatic carbocycles. The Morgan fingerprint density at radius 3 is 2.53 bits per heavy atom. The minimum atomic E-state index is 0.0233. The number of rotatable bonds is 6. The predicted molar refractivity (Wildman–Crippen MR) is 120 cm³/mol. The number of nitrogens with one attached hydrogen (secondary N) is 2. The topological polar surface area (TPSA) is 97.6 Å². The average molecular weight is 411 g/mol. The maximum atomic E-state index is 6.30. The summed E-state index contributed by atoms with van der Waals surface area (Å²) in [6.07, 6.45) is 8.59. The van der Waals surface area contributed by atoms with Crippen molar-refractivity contribution >= 4 is 22.7 Å². The first kappa shape index (κ1) is 20.3. The molecule has 4 rings (SSSR count). The Morgan fingerprint density at radius 2 is 1.87 bits per heavy atom. The van der Waals surface area contributed by atoms with Crippen LogP contribution in [0.2, 0.25) is 0 Å². The highest BCUT2D eigenvalue weighted by atomic mass is 16.5. The van der Waals surface area contributed by atoms with Gasteiger partial charge in [-0.3, -0.25) is 0 Å². The van der Waals surface area contributed by atoms with Crippen molar-refractivity contribution < 1.29 is 9.47 Å². The molecule has 2 aliphatic heterocycles. The van der Waals surface area contributed by atoms with E-state index in [-0.39, 0.29) is 5.41 Å². The number of piperidine rings is 1. The van der Waals surface area contributed by atoms with Crippen molar-refractivity contribution in [2.75, 3.05) is 58.1 Å². The van der Waals surface area contributed by atoms with Gasteiger partial charge in [0, 0.05) is 42.7 Å². The van der Waals surface area contributed by atoms with Crippen molar-refractivity contribution in [1.82, 2.24) is 20.6 Å². The molecule has 3 heterocycles. The first-order valence-electron chi connectivity index (χ1n) is 10.3. The molecule has 0 spiro atoms. The second-order valence-corrected chi connectivity index (χ2v) is 7.91. The van der Waals surface area contributed by atoms with Gasteiger partial charge in [0.2, 0.25) is 5.95 Å². The molecular formula is C22H30N6O2. The fourth-order valence-electron chi connectivity index (χ4n) is 4.40. The number of methoxy groups -OCH3 is 2. The number of nitrogens with zero attached hydrogens (tertiary/aromatic N) is 3. The standard InChI is InChI=1S/C22H30N6O2/c1-28(14-22(7-10-24-11-8-22)19-6-4-5-9-25-19)21-26-16-13-18(30-3)17(29-2)12-15(16)20(23)27-21/h4-6,12-13,24-25H,7-11,14H2,1-3H3,(H2,23,26,27). The van der Waals surface area contributed by atoms with Gasteiger partial charge in [-0.05, 0) is 38.1 Å². The van der Waals surface area contributed by atoms with Gasteiger partial charge in [0.15, 0.2) is 11.5 Å². The van der Waals surface area contributed by atoms with Gasteiger partial charge in [0.25, 0.3) is 0 Å². The van der Waals surface area contributed by atoms with E-state index in [1.807, 2.05) is 19.2 Å². The Hall–Kier alpha value is -3.00. The zero-order valence-electron chi connectivity index (χ0n) is 17.9. The van der Waals surface area contributed by atoms with Crippen LogP contribution in [0, 0.1) is 5.41 Å². The second kappa shape index (κ2) is 8.39. The maximum Gasteiger partial charge on any atom is 0.227 e. The third-order valence-electron chi connectivity index (χ3n) is 6.04. The van der Waals surface area contributed by atoms with Gasteiger partial charge in [0.1, 0.15) is 5.82 Å². The van der Waals surface area contributed by atoms with E-state index in [1.165, 1.54) is 5.70 Å². The van der Waals surface area contributed by atoms with Crippen LogP contribution < -0.4 is 30.7 Å². The molecule has 160 valence electrons. The zero-order chi connectivity index (χ0) is 21.1. The molecule has 0 radical (unpaired) electrons. The molecule has 1 fully saturated rings. The number of aromatic nitrogens is 2. The lowest BCUT2D eigenvalue weighted by molar-refractivity contribution is 0.245. The monoisotopic (exact) mass is 410 g/mol. The Kier molecular flexibility index (Phi) is 5.67. The molecule has 8 nitrogen and oxygen atoms in total. The molecule has 2 aromatic rings. The molecule has 8 heteroatoms. The van der Waals surface area contributed by atoms with Crippen molar-refractivity contribution in [2.45, 2.75) is 12.8 Å². The van der Waals surface area contributed by atoms with E-state index in [1.54, 1.807) is 14.2 Å². The number of nitrogens with two attached hydrogens (primary N) is 1. The summed E-state index contributed by atoms with van der Waals surface area (Å²) >= 11 is 0. The van der Waals surface area contributed by atoms with Crippen LogP contribution in [0.15, 0.2) is 36.1 Å². The Labute approximate surface area is 177 Å². The molecule has 0 bridgehead atoms. The van der Waals surface area contributed by atoms with Crippen LogP contribution in [0.3, 0.4) is 0 Å². The van der Waals surface area contributed by atoms with E-state index in [0.717, 1.165) is 49.9 Å². The van der Waals surface area contributed by atoms with Crippen LogP contribution >= 0.6 is 0 Å². The van der Waals surface area contributed by atoms with Crippen LogP contribution in [0.25, 0.3) is 10.9 Å². The number of nitrogen functional groups attached to an aromatic ring is 1. The second-order valence-electron chi connectivity index (χ2n) is 7.91. The number of dihydropyridines is 1. The van der Waals surface area contributed by atoms with E-state index in [9.17, 15) is 0 Å². The molecule has 0 atom stereocenters. The Balaban J connectivity index is 1.68. The van der Waals surface area contributed by atoms with E-state index in [2.05, 4.69) is 38.7 Å². The van der Waals surface area contributed by atoms with Gasteiger partial charge in [-0.1, -0.05) is 12.2 Å². The van der Waals surface area contributed by atoms with Gasteiger partial charge < -0.3 is 30.7 Å². The highest BCUT2D eigenvalue weighted by Gasteiger charge is 2.37. The van der Waals surface area contributed by atoms with Gasteiger partial charge in [-0.15, -0.1) is 0 Å². The van der Waals surface area contributed by atoms with Crippen molar-refractivity contribution in [3.63, 3.8) is 0 Å². The van der Waals surface area contributed by atoms with Gasteiger partial charge >= 0.3 is 0 Å². The number of hydrogen-bond acceptors (Lipinski definition) is 8. The number of benzene rings is 1. The minimum Gasteiger partial charge on any atom is -0.493 e. The maximum absolute atomic E-state index is 6.30. The minimum absolute atomic E-state index is 0.0233. The van der Waals surface area contributed by atoms with Crippen molar-refractivity contribution in [1.29, 1.82) is 0 Å². The summed E-state index contributed by atoms with van der Waals surface area (Å²) in [5.41, 5.74) is 8.35. The van der Waals surface area contributed by atoms with Gasteiger partial charge in [-0.2, -0.15) is 4.98 Å². The van der Waals surface area contributed by atoms with Gasteiger partial charge in [0.05, 0.1) is 19.7 Å². The zero-order valence-corrected chi connectivity index (χ0v) is 17.9. The SMILES string of the molecule is COc1cc2nc(N(C)CC3(C4=CC=CCN4)CCNCC3)nc(N)c2cc1OC. The molecule has 0 unspecified atom stereocenters. The third kappa shape index (κ3) is 3.75. The molecule has 0 aliphatic carbocycles. The van der Waals surface area contributed by atoms with Crippen LogP contribution in [-0.4, -0.2) is 57.4 Å². The molecule has 1 aromatic heterocycles. The molecule has 4 N–H and O–H groups in total. The number of fused-ring (bicyclic) bond motifs is 1. The summed E-state index contributed by atoms with van der Waals surface area (Å²) in [6, 6.07) is 3.67. The van der Waals surface area contributed by atoms with Crippen molar-refractivity contribution in [2.24, 2.45) is 5.41 Å². The van der Waals surface area contributed by atoms with Crippen LogP contribution in [0.1, 0.15) is 12.8 Å². The first-order chi connectivity index (χ1) is 14.6. The summed E-state index contributed by atoms with van der Waals surface area (Å²) in [6.45, 7) is 3.66. The van der Waals surface area contributed by atoms with Crippen LogP contribution in [-0.2, 0) is 0 Å². The van der Waals surface area contributed by atoms with E-state index in [4.69, 9.17) is 20.2 Å². The average Bonchev–Trinajstić information content (AvgIpc) is 2.79. The van der Waals surface area contributed by atoms with Crippen LogP contribution in [0.5, 0.6) is 11.5 Å². The lowest BCUT2D eigenvalue weighted by atomic mass is 9.74. The molecule has 2 aliphatic rings. The Bertz CT molecular complexity index is 981. The van der Waals surface area contributed by atoms with Crippen LogP contribution in [0.4, 0.5) is 11.8 Å². The quantitative estimate of drug-likeness (QED) is 0.666. The fraction of sp³-hybridized carbons (Fsp3) is 0.455. The highest BCUT2D eigenvalue weighted by Crippen LogP contribution is 2.38. The van der Waals surface area contributed by atoms with Crippen molar-refractivity contribution in [3.8, 4) is 11.5 Å². The fourth-order valence-corrected chi connectivity index (χ4v) is 4.40. The van der Waals surface area contributed by atoms with E-state index < -0.39 is 0 Å². The number of hydrogen-bond donors (Lipinski definition) is 3. The summed E-state index contributed by atoms with van der Waals surface area (Å²) in [5.74, 6) is 2.27. The normalized spacial score (nSPS) is 17.9. The largest absolute Gasteiger partial charge is 0.493 e. The summed E-state index contributed by atoms with van der Waals surface area (Å²) in [5, 5.41) is 7.81. The summed E-state index contributed by atoms with van der Waals surface area (Å²) in [7, 11) is 5.25. The highest BCUT2D eigenvalue weighted by molar-refractivity contribution is 5.91. The van der Waals surface area contributed by atoms with Crippen molar-refractivity contribution in [3.05, 3.63) is 36.1 Å². The lowest BCUT2D eigenvalue weighted by Gasteiger charge is -2.43. The first-order valence-corrected chi connectivity index (χ1v) is 10.3. The third-order valence-corrected chi connectivity index (χ3v) is 6.04. The smallest absolute Gasteiger partial charge is 0.227 e. The molecule has 0 saturated carbocycles. The predicted octanol–water partition coefficient (Wildman–Crippen LogP) is 2.08. The molecular weight excluding hydrogens is 380 g/mol. The number of anilines is 2. The molecule has 30 heavy (non-hydrogen) atoms. The molecule has 1 saturated heterocycles. The lowest BCUT2D eigenvalue weighted by Crippen LogP contribution is -2.48. The summed E-state index contributed by atoms with van der Waals surface area (Å²) in [4.78, 5) is 11.5. The van der Waals surface area contributed by atoms with E-state index >= 15 is 0 Å². The van der Waals surface area contributed by atoms with Gasteiger partial charge in [-0.25, -0.2) is 4.98 Å². The molecule has 0 amide bonds.